The monoisotopic (exact) mass is 371 g/mol. The van der Waals surface area contributed by atoms with Crippen LogP contribution in [0, 0.1) is 5.92 Å². The fourth-order valence-electron chi connectivity index (χ4n) is 2.81. The van der Waals surface area contributed by atoms with Gasteiger partial charge < -0.3 is 19.5 Å². The highest BCUT2D eigenvalue weighted by atomic mass is 16.5. The third-order valence-electron chi connectivity index (χ3n) is 4.27. The SMILES string of the molecule is COc1ccc(C(CC(C)C)NC(=O)C(C)Oc2cccc(OC)c2)cc1. The van der Waals surface area contributed by atoms with E-state index in [1.54, 1.807) is 33.3 Å². The van der Waals surface area contributed by atoms with Crippen molar-refractivity contribution in [3.63, 3.8) is 0 Å². The fraction of sp³-hybridized carbons (Fsp3) is 0.409. The van der Waals surface area contributed by atoms with Crippen molar-refractivity contribution in [2.24, 2.45) is 5.92 Å². The largest absolute Gasteiger partial charge is 0.497 e. The molecule has 0 aliphatic heterocycles. The third-order valence-corrected chi connectivity index (χ3v) is 4.27. The molecule has 0 saturated carbocycles. The molecule has 0 saturated heterocycles. The molecule has 2 aromatic carbocycles. The van der Waals surface area contributed by atoms with Crippen LogP contribution in [-0.4, -0.2) is 26.2 Å². The minimum Gasteiger partial charge on any atom is -0.497 e. The Balaban J connectivity index is 2.06. The van der Waals surface area contributed by atoms with Crippen molar-refractivity contribution in [2.45, 2.75) is 39.3 Å². The van der Waals surface area contributed by atoms with Crippen LogP contribution in [0.4, 0.5) is 0 Å². The summed E-state index contributed by atoms with van der Waals surface area (Å²) in [5.74, 6) is 2.37. The predicted octanol–water partition coefficient (Wildman–Crippen LogP) is 4.37. The van der Waals surface area contributed by atoms with Crippen LogP contribution in [0.5, 0.6) is 17.2 Å². The Morgan fingerprint density at radius 1 is 0.926 bits per heavy atom. The minimum absolute atomic E-state index is 0.0836. The lowest BCUT2D eigenvalue weighted by Gasteiger charge is -2.24. The zero-order valence-electron chi connectivity index (χ0n) is 16.7. The molecular formula is C22H29NO4. The summed E-state index contributed by atoms with van der Waals surface area (Å²) in [5.41, 5.74) is 1.05. The summed E-state index contributed by atoms with van der Waals surface area (Å²) in [6, 6.07) is 14.9. The smallest absolute Gasteiger partial charge is 0.261 e. The Morgan fingerprint density at radius 2 is 1.56 bits per heavy atom. The maximum absolute atomic E-state index is 12.7. The van der Waals surface area contributed by atoms with Crippen LogP contribution in [0.3, 0.4) is 0 Å². The second-order valence-corrected chi connectivity index (χ2v) is 6.90. The van der Waals surface area contributed by atoms with E-state index in [9.17, 15) is 4.79 Å². The highest BCUT2D eigenvalue weighted by molar-refractivity contribution is 5.81. The van der Waals surface area contributed by atoms with Crippen LogP contribution in [0.15, 0.2) is 48.5 Å². The van der Waals surface area contributed by atoms with Gasteiger partial charge in [0.05, 0.1) is 20.3 Å². The zero-order valence-corrected chi connectivity index (χ0v) is 16.7. The molecule has 2 atom stereocenters. The molecule has 0 heterocycles. The number of carbonyl (C=O) groups excluding carboxylic acids is 1. The molecular weight excluding hydrogens is 342 g/mol. The van der Waals surface area contributed by atoms with E-state index in [4.69, 9.17) is 14.2 Å². The van der Waals surface area contributed by atoms with Crippen LogP contribution in [0.2, 0.25) is 0 Å². The summed E-state index contributed by atoms with van der Waals surface area (Å²) in [6.45, 7) is 6.02. The predicted molar refractivity (Wildman–Crippen MR) is 106 cm³/mol. The molecule has 0 spiro atoms. The maximum Gasteiger partial charge on any atom is 0.261 e. The van der Waals surface area contributed by atoms with Gasteiger partial charge in [-0.25, -0.2) is 0 Å². The van der Waals surface area contributed by atoms with Crippen molar-refractivity contribution in [1.29, 1.82) is 0 Å². The summed E-state index contributed by atoms with van der Waals surface area (Å²) < 4.78 is 16.2. The highest BCUT2D eigenvalue weighted by Gasteiger charge is 2.21. The Bertz CT molecular complexity index is 727. The van der Waals surface area contributed by atoms with Crippen molar-refractivity contribution >= 4 is 5.91 Å². The van der Waals surface area contributed by atoms with Gasteiger partial charge in [0.15, 0.2) is 6.10 Å². The second kappa shape index (κ2) is 9.86. The zero-order chi connectivity index (χ0) is 19.8. The first-order valence-corrected chi connectivity index (χ1v) is 9.18. The number of ether oxygens (including phenoxy) is 3. The second-order valence-electron chi connectivity index (χ2n) is 6.90. The van der Waals surface area contributed by atoms with Crippen molar-refractivity contribution in [3.05, 3.63) is 54.1 Å². The first-order chi connectivity index (χ1) is 12.9. The van der Waals surface area contributed by atoms with E-state index in [0.29, 0.717) is 17.4 Å². The summed E-state index contributed by atoms with van der Waals surface area (Å²) in [4.78, 5) is 12.7. The van der Waals surface area contributed by atoms with Crippen LogP contribution in [0.1, 0.15) is 38.8 Å². The van der Waals surface area contributed by atoms with Gasteiger partial charge in [0.25, 0.3) is 5.91 Å². The number of hydrogen-bond acceptors (Lipinski definition) is 4. The van der Waals surface area contributed by atoms with Crippen LogP contribution < -0.4 is 19.5 Å². The first-order valence-electron chi connectivity index (χ1n) is 9.18. The quantitative estimate of drug-likeness (QED) is 0.711. The number of nitrogens with one attached hydrogen (secondary N) is 1. The lowest BCUT2D eigenvalue weighted by Crippen LogP contribution is -2.39. The van der Waals surface area contributed by atoms with Gasteiger partial charge >= 0.3 is 0 Å². The van der Waals surface area contributed by atoms with Gasteiger partial charge in [0.2, 0.25) is 0 Å². The summed E-state index contributed by atoms with van der Waals surface area (Å²) in [7, 11) is 3.24. The van der Waals surface area contributed by atoms with Gasteiger partial charge in [-0.15, -0.1) is 0 Å². The van der Waals surface area contributed by atoms with Gasteiger partial charge in [-0.05, 0) is 49.1 Å². The minimum atomic E-state index is -0.620. The lowest BCUT2D eigenvalue weighted by molar-refractivity contribution is -0.128. The first kappa shape index (κ1) is 20.6. The van der Waals surface area contributed by atoms with Crippen LogP contribution >= 0.6 is 0 Å². The van der Waals surface area contributed by atoms with E-state index in [0.717, 1.165) is 17.7 Å². The average molecular weight is 371 g/mol. The van der Waals surface area contributed by atoms with Gasteiger partial charge in [0.1, 0.15) is 17.2 Å². The van der Waals surface area contributed by atoms with Crippen molar-refractivity contribution < 1.29 is 19.0 Å². The molecule has 5 heteroatoms. The van der Waals surface area contributed by atoms with E-state index < -0.39 is 6.10 Å². The highest BCUT2D eigenvalue weighted by Crippen LogP contribution is 2.24. The number of benzene rings is 2. The molecule has 0 aromatic heterocycles. The number of carbonyl (C=O) groups is 1. The molecule has 0 fully saturated rings. The van der Waals surface area contributed by atoms with E-state index in [-0.39, 0.29) is 11.9 Å². The van der Waals surface area contributed by atoms with E-state index in [1.807, 2.05) is 36.4 Å². The molecule has 0 aliphatic rings. The van der Waals surface area contributed by atoms with E-state index >= 15 is 0 Å². The Labute approximate surface area is 161 Å². The van der Waals surface area contributed by atoms with E-state index in [1.165, 1.54) is 0 Å². The van der Waals surface area contributed by atoms with Gasteiger partial charge in [-0.2, -0.15) is 0 Å². The Kier molecular flexibility index (Phi) is 7.53. The summed E-state index contributed by atoms with van der Waals surface area (Å²) in [6.07, 6.45) is 0.217. The molecule has 0 bridgehead atoms. The van der Waals surface area contributed by atoms with Gasteiger partial charge in [-0.3, -0.25) is 4.79 Å². The summed E-state index contributed by atoms with van der Waals surface area (Å²) >= 11 is 0. The molecule has 0 radical (unpaired) electrons. The van der Waals surface area contributed by atoms with Gasteiger partial charge in [0, 0.05) is 6.07 Å². The molecule has 1 N–H and O–H groups in total. The number of rotatable bonds is 9. The molecule has 2 aromatic rings. The number of methoxy groups -OCH3 is 2. The summed E-state index contributed by atoms with van der Waals surface area (Å²) in [5, 5.41) is 3.11. The van der Waals surface area contributed by atoms with Crippen molar-refractivity contribution in [3.8, 4) is 17.2 Å². The molecule has 0 aliphatic carbocycles. The fourth-order valence-corrected chi connectivity index (χ4v) is 2.81. The Morgan fingerprint density at radius 3 is 2.15 bits per heavy atom. The topological polar surface area (TPSA) is 56.8 Å². The lowest BCUT2D eigenvalue weighted by atomic mass is 9.96. The molecule has 146 valence electrons. The van der Waals surface area contributed by atoms with Gasteiger partial charge in [-0.1, -0.05) is 32.0 Å². The Hall–Kier alpha value is -2.69. The third kappa shape index (κ3) is 6.20. The normalized spacial score (nSPS) is 13.0. The molecule has 2 rings (SSSR count). The standard InChI is InChI=1S/C22H29NO4/c1-15(2)13-21(17-9-11-18(25-4)12-10-17)23-22(24)16(3)27-20-8-6-7-19(14-20)26-5/h6-12,14-16,21H,13H2,1-5H3,(H,23,24). The maximum atomic E-state index is 12.7. The van der Waals surface area contributed by atoms with Crippen LogP contribution in [0.25, 0.3) is 0 Å². The average Bonchev–Trinajstić information content (AvgIpc) is 2.67. The van der Waals surface area contributed by atoms with Crippen molar-refractivity contribution in [1.82, 2.24) is 5.32 Å². The van der Waals surface area contributed by atoms with Crippen LogP contribution in [-0.2, 0) is 4.79 Å². The molecule has 5 nitrogen and oxygen atoms in total. The molecule has 2 unspecified atom stereocenters. The number of amides is 1. The van der Waals surface area contributed by atoms with E-state index in [2.05, 4.69) is 19.2 Å². The number of hydrogen-bond donors (Lipinski definition) is 1. The van der Waals surface area contributed by atoms with Crippen molar-refractivity contribution in [2.75, 3.05) is 14.2 Å². The molecule has 27 heavy (non-hydrogen) atoms. The molecule has 1 amide bonds.